The van der Waals surface area contributed by atoms with Crippen LogP contribution in [0.15, 0.2) is 24.3 Å². The summed E-state index contributed by atoms with van der Waals surface area (Å²) < 4.78 is 0. The summed E-state index contributed by atoms with van der Waals surface area (Å²) in [6.07, 6.45) is 2.62. The normalized spacial score (nSPS) is 27.2. The van der Waals surface area contributed by atoms with Crippen LogP contribution in [0.2, 0.25) is 0 Å². The van der Waals surface area contributed by atoms with Crippen LogP contribution < -0.4 is 10.6 Å². The van der Waals surface area contributed by atoms with Crippen LogP contribution in [0.3, 0.4) is 0 Å². The highest BCUT2D eigenvalue weighted by molar-refractivity contribution is 5.82. The molecule has 0 unspecified atom stereocenters. The summed E-state index contributed by atoms with van der Waals surface area (Å²) >= 11 is 0. The number of nitrogens with one attached hydrogen (secondary N) is 2. The van der Waals surface area contributed by atoms with Gasteiger partial charge in [-0.1, -0.05) is 45.0 Å². The zero-order chi connectivity index (χ0) is 20.1. The Morgan fingerprint density at radius 3 is 2.29 bits per heavy atom. The second-order valence-corrected chi connectivity index (χ2v) is 9.05. The molecule has 3 rings (SSSR count). The molecule has 1 heterocycles. The van der Waals surface area contributed by atoms with Gasteiger partial charge in [-0.25, -0.2) is 0 Å². The van der Waals surface area contributed by atoms with Gasteiger partial charge in [0.05, 0.1) is 0 Å². The Hall–Kier alpha value is -1.88. The third-order valence-electron chi connectivity index (χ3n) is 6.03. The molecule has 5 nitrogen and oxygen atoms in total. The number of nitrogens with zero attached hydrogens (tertiary/aromatic N) is 1. The molecule has 1 saturated carbocycles. The van der Waals surface area contributed by atoms with Gasteiger partial charge >= 0.3 is 0 Å². The van der Waals surface area contributed by atoms with Crippen molar-refractivity contribution in [2.45, 2.75) is 53.1 Å². The first kappa shape index (κ1) is 20.8. The number of hydrogen-bond donors (Lipinski definition) is 2. The van der Waals surface area contributed by atoms with Crippen LogP contribution in [0.25, 0.3) is 0 Å². The van der Waals surface area contributed by atoms with E-state index in [0.29, 0.717) is 25.4 Å². The number of likely N-dealkylation sites (tertiary alicyclic amines) is 1. The maximum Gasteiger partial charge on any atom is 0.223 e. The van der Waals surface area contributed by atoms with E-state index < -0.39 is 0 Å². The van der Waals surface area contributed by atoms with Crippen molar-refractivity contribution in [1.29, 1.82) is 0 Å². The predicted octanol–water partition coefficient (Wildman–Crippen LogP) is 2.94. The van der Waals surface area contributed by atoms with Gasteiger partial charge < -0.3 is 10.6 Å². The second kappa shape index (κ2) is 9.55. The second-order valence-electron chi connectivity index (χ2n) is 9.05. The van der Waals surface area contributed by atoms with Gasteiger partial charge in [-0.2, -0.15) is 0 Å². The van der Waals surface area contributed by atoms with Crippen molar-refractivity contribution in [2.24, 2.45) is 23.7 Å². The highest BCUT2D eigenvalue weighted by Crippen LogP contribution is 2.37. The summed E-state index contributed by atoms with van der Waals surface area (Å²) in [5, 5.41) is 5.88. The van der Waals surface area contributed by atoms with Crippen molar-refractivity contribution in [3.05, 3.63) is 35.4 Å². The molecule has 0 bridgehead atoms. The van der Waals surface area contributed by atoms with Gasteiger partial charge in [-0.3, -0.25) is 14.5 Å². The predicted molar refractivity (Wildman–Crippen MR) is 111 cm³/mol. The van der Waals surface area contributed by atoms with Crippen molar-refractivity contribution in [3.8, 4) is 0 Å². The number of rotatable bonds is 8. The number of benzene rings is 1. The lowest BCUT2D eigenvalue weighted by Crippen LogP contribution is -2.38. The number of hydrogen-bond acceptors (Lipinski definition) is 3. The molecule has 1 saturated heterocycles. The van der Waals surface area contributed by atoms with E-state index in [1.165, 1.54) is 17.5 Å². The van der Waals surface area contributed by atoms with Crippen molar-refractivity contribution in [3.63, 3.8) is 0 Å². The molecule has 1 aromatic carbocycles. The quantitative estimate of drug-likeness (QED) is 0.723. The highest BCUT2D eigenvalue weighted by Gasteiger charge is 2.38. The molecule has 0 radical (unpaired) electrons. The molecule has 0 spiro atoms. The monoisotopic (exact) mass is 385 g/mol. The topological polar surface area (TPSA) is 61.4 Å². The lowest BCUT2D eigenvalue weighted by molar-refractivity contribution is -0.123. The molecule has 154 valence electrons. The Balaban J connectivity index is 1.44. The van der Waals surface area contributed by atoms with Gasteiger partial charge in [0.1, 0.15) is 0 Å². The van der Waals surface area contributed by atoms with E-state index in [1.54, 1.807) is 0 Å². The molecular weight excluding hydrogens is 350 g/mol. The molecule has 0 aromatic heterocycles. The van der Waals surface area contributed by atoms with Gasteiger partial charge in [0.25, 0.3) is 0 Å². The highest BCUT2D eigenvalue weighted by atomic mass is 16.2. The lowest BCUT2D eigenvalue weighted by Gasteiger charge is -2.35. The third kappa shape index (κ3) is 6.06. The summed E-state index contributed by atoms with van der Waals surface area (Å²) in [7, 11) is 0. The van der Waals surface area contributed by atoms with E-state index in [0.717, 1.165) is 37.9 Å². The lowest BCUT2D eigenvalue weighted by atomic mass is 9.91. The fourth-order valence-corrected chi connectivity index (χ4v) is 4.45. The average molecular weight is 386 g/mol. The van der Waals surface area contributed by atoms with Crippen LogP contribution in [0.1, 0.15) is 51.2 Å². The van der Waals surface area contributed by atoms with Crippen LogP contribution in [-0.4, -0.2) is 36.3 Å². The van der Waals surface area contributed by atoms with E-state index in [-0.39, 0.29) is 17.7 Å². The average Bonchev–Trinajstić information content (AvgIpc) is 3.37. The molecule has 5 heteroatoms. The minimum atomic E-state index is -0.0147. The van der Waals surface area contributed by atoms with Crippen LogP contribution in [-0.2, 0) is 22.7 Å². The van der Waals surface area contributed by atoms with Gasteiger partial charge in [0.2, 0.25) is 11.8 Å². The Labute approximate surface area is 169 Å². The summed E-state index contributed by atoms with van der Waals surface area (Å²) in [4.78, 5) is 26.5. The molecule has 1 aromatic rings. The minimum absolute atomic E-state index is 0.0147. The summed E-state index contributed by atoms with van der Waals surface area (Å²) in [6, 6.07) is 8.38. The first-order valence-electron chi connectivity index (χ1n) is 10.8. The van der Waals surface area contributed by atoms with Gasteiger partial charge in [-0.15, -0.1) is 0 Å². The number of carbonyl (C=O) groups excluding carboxylic acids is 2. The van der Waals surface area contributed by atoms with Crippen LogP contribution in [0.4, 0.5) is 0 Å². The molecule has 2 fully saturated rings. The largest absolute Gasteiger partial charge is 0.355 e. The molecule has 28 heavy (non-hydrogen) atoms. The maximum atomic E-state index is 12.2. The standard InChI is InChI=1S/C23H35N3O2/c1-16-10-17(2)14-26(13-16)15-20-7-5-4-6-19(20)12-25-22(27)8-9-24-23(28)21-11-18(21)3/h4-7,16-18,21H,8-15H2,1-3H3,(H,24,28)(H,25,27)/t16-,17+,18-,21-/m1/s1. The molecule has 2 amide bonds. The Morgan fingerprint density at radius 2 is 1.64 bits per heavy atom. The van der Waals surface area contributed by atoms with Gasteiger partial charge in [0, 0.05) is 45.1 Å². The fourth-order valence-electron chi connectivity index (χ4n) is 4.45. The van der Waals surface area contributed by atoms with E-state index in [1.807, 2.05) is 6.07 Å². The van der Waals surface area contributed by atoms with Crippen LogP contribution in [0.5, 0.6) is 0 Å². The SMILES string of the molecule is C[C@@H]1C[C@H](C)CN(Cc2ccccc2CNC(=O)CCNC(=O)[C@@H]2C[C@H]2C)C1. The van der Waals surface area contributed by atoms with Crippen LogP contribution in [0, 0.1) is 23.7 Å². The Morgan fingerprint density at radius 1 is 1.00 bits per heavy atom. The maximum absolute atomic E-state index is 12.2. The number of carbonyl (C=O) groups is 2. The van der Waals surface area contributed by atoms with Gasteiger partial charge in [0.15, 0.2) is 0 Å². The van der Waals surface area contributed by atoms with E-state index >= 15 is 0 Å². The zero-order valence-electron chi connectivity index (χ0n) is 17.5. The number of piperidine rings is 1. The first-order chi connectivity index (χ1) is 13.4. The smallest absolute Gasteiger partial charge is 0.223 e. The number of amides is 2. The van der Waals surface area contributed by atoms with Crippen molar-refractivity contribution >= 4 is 11.8 Å². The zero-order valence-corrected chi connectivity index (χ0v) is 17.5. The summed E-state index contributed by atoms with van der Waals surface area (Å²) in [5.74, 6) is 2.22. The minimum Gasteiger partial charge on any atom is -0.355 e. The van der Waals surface area contributed by atoms with Crippen molar-refractivity contribution in [2.75, 3.05) is 19.6 Å². The molecule has 2 aliphatic rings. The van der Waals surface area contributed by atoms with Crippen molar-refractivity contribution < 1.29 is 9.59 Å². The fraction of sp³-hybridized carbons (Fsp3) is 0.652. The van der Waals surface area contributed by atoms with Crippen molar-refractivity contribution in [1.82, 2.24) is 15.5 Å². The van der Waals surface area contributed by atoms with Crippen LogP contribution >= 0.6 is 0 Å². The first-order valence-corrected chi connectivity index (χ1v) is 10.8. The Bertz CT molecular complexity index is 680. The van der Waals surface area contributed by atoms with E-state index in [9.17, 15) is 9.59 Å². The molecular formula is C23H35N3O2. The molecule has 1 aliphatic carbocycles. The van der Waals surface area contributed by atoms with E-state index in [2.05, 4.69) is 54.5 Å². The summed E-state index contributed by atoms with van der Waals surface area (Å²) in [6.45, 7) is 10.9. The summed E-state index contributed by atoms with van der Waals surface area (Å²) in [5.41, 5.74) is 2.47. The Kier molecular flexibility index (Phi) is 7.11. The van der Waals surface area contributed by atoms with E-state index in [4.69, 9.17) is 0 Å². The molecule has 2 N–H and O–H groups in total. The molecule has 1 aliphatic heterocycles. The molecule has 4 atom stereocenters. The van der Waals surface area contributed by atoms with Gasteiger partial charge in [-0.05, 0) is 41.7 Å². The third-order valence-corrected chi connectivity index (χ3v) is 6.03.